The van der Waals surface area contributed by atoms with E-state index in [2.05, 4.69) is 5.18 Å². The summed E-state index contributed by atoms with van der Waals surface area (Å²) in [6, 6.07) is 14.7. The molecule has 1 heterocycles. The van der Waals surface area contributed by atoms with E-state index in [1.165, 1.54) is 7.11 Å². The van der Waals surface area contributed by atoms with Crippen LogP contribution in [0.5, 0.6) is 0 Å². The van der Waals surface area contributed by atoms with Crippen molar-refractivity contribution in [2.45, 2.75) is 6.54 Å². The first-order valence-electron chi connectivity index (χ1n) is 6.93. The molecule has 23 heavy (non-hydrogen) atoms. The average molecular weight is 329 g/mol. The summed E-state index contributed by atoms with van der Waals surface area (Å²) in [6.45, 7) is 0.108. The lowest BCUT2D eigenvalue weighted by Crippen LogP contribution is -2.09. The van der Waals surface area contributed by atoms with Crippen LogP contribution in [0.2, 0.25) is 5.02 Å². The summed E-state index contributed by atoms with van der Waals surface area (Å²) in [5.41, 5.74) is 2.63. The van der Waals surface area contributed by atoms with Gasteiger partial charge in [-0.3, -0.25) is 0 Å². The van der Waals surface area contributed by atoms with Crippen molar-refractivity contribution < 1.29 is 9.53 Å². The minimum absolute atomic E-state index is 0.108. The van der Waals surface area contributed by atoms with E-state index < -0.39 is 5.97 Å². The second-order valence-corrected chi connectivity index (χ2v) is 5.34. The topological polar surface area (TPSA) is 60.7 Å². The number of carbonyl (C=O) groups excluding carboxylic acids is 1. The van der Waals surface area contributed by atoms with Gasteiger partial charge in [0.1, 0.15) is 6.54 Å². The highest BCUT2D eigenvalue weighted by Crippen LogP contribution is 2.33. The minimum Gasteiger partial charge on any atom is -0.464 e. The molecule has 0 amide bonds. The Balaban J connectivity index is 2.26. The molecule has 5 nitrogen and oxygen atoms in total. The van der Waals surface area contributed by atoms with Gasteiger partial charge in [0, 0.05) is 11.1 Å². The number of nitrogens with zero attached hydrogens (tertiary/aromatic N) is 2. The molecule has 1 aromatic heterocycles. The summed E-state index contributed by atoms with van der Waals surface area (Å²) in [6.07, 6.45) is 0. The summed E-state index contributed by atoms with van der Waals surface area (Å²) in [5, 5.41) is 3.99. The maximum Gasteiger partial charge on any atom is 0.356 e. The van der Waals surface area contributed by atoms with Gasteiger partial charge in [-0.1, -0.05) is 47.1 Å². The van der Waals surface area contributed by atoms with Crippen LogP contribution in [0.15, 0.2) is 53.7 Å². The van der Waals surface area contributed by atoms with E-state index in [4.69, 9.17) is 16.3 Å². The molecular weight excluding hydrogens is 316 g/mol. The SMILES string of the molecule is COC(=O)c1c(Cl)c2ccccc2n1-c1ccc(CN=O)cc1. The number of fused-ring (bicyclic) bond motifs is 1. The van der Waals surface area contributed by atoms with Crippen molar-refractivity contribution in [3.05, 3.63) is 69.7 Å². The molecule has 3 rings (SSSR count). The van der Waals surface area contributed by atoms with E-state index in [9.17, 15) is 9.70 Å². The van der Waals surface area contributed by atoms with Crippen LogP contribution in [0, 0.1) is 4.91 Å². The van der Waals surface area contributed by atoms with Crippen LogP contribution in [-0.4, -0.2) is 17.6 Å². The lowest BCUT2D eigenvalue weighted by molar-refractivity contribution is 0.0592. The van der Waals surface area contributed by atoms with Gasteiger partial charge in [-0.25, -0.2) is 4.79 Å². The van der Waals surface area contributed by atoms with Crippen LogP contribution in [0.1, 0.15) is 16.1 Å². The van der Waals surface area contributed by atoms with Crippen molar-refractivity contribution in [1.29, 1.82) is 0 Å². The predicted molar refractivity (Wildman–Crippen MR) is 89.1 cm³/mol. The van der Waals surface area contributed by atoms with E-state index in [0.717, 1.165) is 22.2 Å². The molecule has 0 bridgehead atoms. The quantitative estimate of drug-likeness (QED) is 0.529. The van der Waals surface area contributed by atoms with Gasteiger partial charge in [-0.15, -0.1) is 0 Å². The van der Waals surface area contributed by atoms with Gasteiger partial charge in [0.25, 0.3) is 0 Å². The second kappa shape index (κ2) is 6.22. The summed E-state index contributed by atoms with van der Waals surface area (Å²) in [5.74, 6) is -0.509. The molecule has 0 atom stereocenters. The van der Waals surface area contributed by atoms with E-state index in [1.54, 1.807) is 16.7 Å². The van der Waals surface area contributed by atoms with Crippen LogP contribution in [0.3, 0.4) is 0 Å². The number of aromatic nitrogens is 1. The number of nitroso groups, excluding NO2 is 1. The van der Waals surface area contributed by atoms with Crippen molar-refractivity contribution in [3.63, 3.8) is 0 Å². The third kappa shape index (κ3) is 2.59. The first kappa shape index (κ1) is 15.2. The van der Waals surface area contributed by atoms with Crippen molar-refractivity contribution in [1.82, 2.24) is 4.57 Å². The van der Waals surface area contributed by atoms with Crippen LogP contribution in [-0.2, 0) is 11.3 Å². The van der Waals surface area contributed by atoms with E-state index in [0.29, 0.717) is 5.02 Å². The molecule has 2 aromatic carbocycles. The van der Waals surface area contributed by atoms with Gasteiger partial charge in [-0.05, 0) is 23.8 Å². The lowest BCUT2D eigenvalue weighted by atomic mass is 10.2. The summed E-state index contributed by atoms with van der Waals surface area (Å²) in [4.78, 5) is 22.5. The number of carbonyl (C=O) groups is 1. The highest BCUT2D eigenvalue weighted by Gasteiger charge is 2.23. The Bertz CT molecular complexity index is 885. The number of esters is 1. The monoisotopic (exact) mass is 328 g/mol. The Labute approximate surface area is 137 Å². The Morgan fingerprint density at radius 2 is 1.87 bits per heavy atom. The highest BCUT2D eigenvalue weighted by atomic mass is 35.5. The van der Waals surface area contributed by atoms with Gasteiger partial charge in [0.05, 0.1) is 17.6 Å². The maximum absolute atomic E-state index is 12.2. The van der Waals surface area contributed by atoms with Crippen LogP contribution in [0.4, 0.5) is 0 Å². The summed E-state index contributed by atoms with van der Waals surface area (Å²) in [7, 11) is 1.32. The smallest absolute Gasteiger partial charge is 0.356 e. The van der Waals surface area contributed by atoms with E-state index >= 15 is 0 Å². The largest absolute Gasteiger partial charge is 0.464 e. The predicted octanol–water partition coefficient (Wildman–Crippen LogP) is 4.34. The zero-order chi connectivity index (χ0) is 16.4. The summed E-state index contributed by atoms with van der Waals surface area (Å²) < 4.78 is 6.62. The number of benzene rings is 2. The molecule has 0 radical (unpaired) electrons. The normalized spacial score (nSPS) is 10.7. The van der Waals surface area contributed by atoms with Gasteiger partial charge < -0.3 is 9.30 Å². The standard InChI is InChI=1S/C17H13ClN2O3/c1-23-17(21)16-15(18)13-4-2-3-5-14(13)20(16)12-8-6-11(7-9-12)10-19-22/h2-9H,10H2,1H3. The maximum atomic E-state index is 12.2. The first-order chi connectivity index (χ1) is 11.2. The number of halogens is 1. The molecule has 6 heteroatoms. The molecule has 0 aliphatic carbocycles. The fourth-order valence-electron chi connectivity index (χ4n) is 2.57. The van der Waals surface area contributed by atoms with Gasteiger partial charge >= 0.3 is 5.97 Å². The molecule has 0 unspecified atom stereocenters. The Morgan fingerprint density at radius 3 is 2.52 bits per heavy atom. The fraction of sp³-hybridized carbons (Fsp3) is 0.118. The number of para-hydroxylation sites is 1. The molecule has 0 saturated carbocycles. The Morgan fingerprint density at radius 1 is 1.17 bits per heavy atom. The zero-order valence-corrected chi connectivity index (χ0v) is 13.1. The number of rotatable bonds is 4. The molecule has 116 valence electrons. The van der Waals surface area contributed by atoms with Crippen molar-refractivity contribution in [2.75, 3.05) is 7.11 Å². The Kier molecular flexibility index (Phi) is 4.12. The molecule has 3 aromatic rings. The highest BCUT2D eigenvalue weighted by molar-refractivity contribution is 6.38. The number of hydrogen-bond acceptors (Lipinski definition) is 4. The number of hydrogen-bond donors (Lipinski definition) is 0. The fourth-order valence-corrected chi connectivity index (χ4v) is 2.89. The van der Waals surface area contributed by atoms with E-state index in [-0.39, 0.29) is 12.2 Å². The average Bonchev–Trinajstić information content (AvgIpc) is 2.88. The van der Waals surface area contributed by atoms with Crippen molar-refractivity contribution >= 4 is 28.5 Å². The third-order valence-electron chi connectivity index (χ3n) is 3.63. The first-order valence-corrected chi connectivity index (χ1v) is 7.31. The zero-order valence-electron chi connectivity index (χ0n) is 12.3. The molecule has 0 saturated heterocycles. The molecule has 0 aliphatic heterocycles. The molecular formula is C17H13ClN2O3. The van der Waals surface area contributed by atoms with Crippen LogP contribution < -0.4 is 0 Å². The number of methoxy groups -OCH3 is 1. The minimum atomic E-state index is -0.509. The van der Waals surface area contributed by atoms with Crippen molar-refractivity contribution in [3.8, 4) is 5.69 Å². The van der Waals surface area contributed by atoms with Gasteiger partial charge in [0.2, 0.25) is 0 Å². The third-order valence-corrected chi connectivity index (χ3v) is 4.02. The lowest BCUT2D eigenvalue weighted by Gasteiger charge is -2.10. The molecule has 0 fully saturated rings. The van der Waals surface area contributed by atoms with Gasteiger partial charge in [-0.2, -0.15) is 4.91 Å². The second-order valence-electron chi connectivity index (χ2n) is 4.96. The Hall–Kier alpha value is -2.66. The van der Waals surface area contributed by atoms with Crippen LogP contribution in [0.25, 0.3) is 16.6 Å². The molecule has 0 aliphatic rings. The van der Waals surface area contributed by atoms with Crippen molar-refractivity contribution in [2.24, 2.45) is 5.18 Å². The van der Waals surface area contributed by atoms with Gasteiger partial charge in [0.15, 0.2) is 5.69 Å². The number of ether oxygens (including phenoxy) is 1. The molecule has 0 N–H and O–H groups in total. The molecule has 0 spiro atoms. The van der Waals surface area contributed by atoms with E-state index in [1.807, 2.05) is 36.4 Å². The summed E-state index contributed by atoms with van der Waals surface area (Å²) >= 11 is 6.39. The van der Waals surface area contributed by atoms with Crippen LogP contribution >= 0.6 is 11.6 Å².